The van der Waals surface area contributed by atoms with Gasteiger partial charge in [-0.15, -0.1) is 60.0 Å². The topological polar surface area (TPSA) is 228 Å². The third-order valence-corrected chi connectivity index (χ3v) is 18.7. The Morgan fingerprint density at radius 1 is 0.250 bits per heavy atom. The van der Waals surface area contributed by atoms with E-state index in [1.807, 2.05) is 201 Å². The largest absolute Gasteiger partial charge is 0.490 e. The van der Waals surface area contributed by atoms with E-state index < -0.39 is 81.9 Å². The molecule has 648 valence electrons. The monoisotopic (exact) mass is 2070 g/mol. The molecule has 4 heterocycles. The number of nitrogens with zero attached hydrogens (tertiary/aromatic N) is 12. The van der Waals surface area contributed by atoms with E-state index >= 15 is 0 Å². The van der Waals surface area contributed by atoms with Gasteiger partial charge >= 0.3 is 24.7 Å². The standard InChI is InChI=1S/4C20H16F3N3O.C10H14O4.2Ir/c4*1-12(2)27-19-10-9-18(14-5-3-4-6-15(14)19)26-24-16-8-7-13(20(21,22)23)11-17(16)25-26;1-5(11)9(6(2)12)10(7(3)13)8(4)14;;/h4*3-12H,1-2H3;9-10H,1-4H3;;. The van der Waals surface area contributed by atoms with Gasteiger partial charge in [-0.1, -0.05) is 97.1 Å². The Morgan fingerprint density at radius 3 is 0.581 bits per heavy atom. The van der Waals surface area contributed by atoms with Crippen molar-refractivity contribution in [1.82, 2.24) is 60.0 Å². The minimum atomic E-state index is -4.42. The Kier molecular flexibility index (Phi) is 29.2. The summed E-state index contributed by atoms with van der Waals surface area (Å²) in [6, 6.07) is 58.5. The quantitative estimate of drug-likeness (QED) is 0.0610. The molecule has 34 heteroatoms. The maximum Gasteiger partial charge on any atom is 0.416 e. The smallest absolute Gasteiger partial charge is 0.416 e. The van der Waals surface area contributed by atoms with E-state index in [0.29, 0.717) is 44.8 Å². The molecule has 0 spiro atoms. The molecule has 0 saturated carbocycles. The van der Waals surface area contributed by atoms with E-state index in [4.69, 9.17) is 18.9 Å². The van der Waals surface area contributed by atoms with Crippen molar-refractivity contribution < 1.29 is 131 Å². The van der Waals surface area contributed by atoms with Crippen LogP contribution in [-0.4, -0.2) is 108 Å². The molecule has 0 unspecified atom stereocenters. The van der Waals surface area contributed by atoms with E-state index in [-0.39, 0.29) is 86.7 Å². The SMILES string of the molecule is CC(=O)C(C(C)=O)C(C(C)=O)C(C)=O.CC(C)Oc1ccc(-n2nc3ccc(C(F)(F)F)cc3n2)c2ccccc12.CC(C)Oc1ccc(-n2nc3ccc(C(F)(F)F)cc3n2)c2ccccc12.CC(C)Oc1ccc(-n2nc3ccc(C(F)(F)F)cc3n2)c2ccccc12.CC(C)Oc1ccc(-n2nc3ccc(C(F)(F)F)cc3n2)c2ccccc12.[Ir].[Ir]. The molecule has 16 aromatic rings. The van der Waals surface area contributed by atoms with Crippen molar-refractivity contribution in [2.75, 3.05) is 0 Å². The molecule has 4 aromatic heterocycles. The molecule has 0 saturated heterocycles. The minimum absolute atomic E-state index is 0. The fraction of sp³-hybridized carbons (Fsp3) is 0.244. The van der Waals surface area contributed by atoms with Crippen molar-refractivity contribution in [3.05, 3.63) is 241 Å². The van der Waals surface area contributed by atoms with Crippen molar-refractivity contribution in [3.8, 4) is 45.7 Å². The van der Waals surface area contributed by atoms with E-state index in [9.17, 15) is 71.9 Å². The summed E-state index contributed by atoms with van der Waals surface area (Å²) >= 11 is 0. The van der Waals surface area contributed by atoms with Gasteiger partial charge in [0.1, 0.15) is 90.3 Å². The Hall–Kier alpha value is -12.4. The molecule has 0 atom stereocenters. The van der Waals surface area contributed by atoms with Crippen LogP contribution in [0.2, 0.25) is 0 Å². The summed E-state index contributed by atoms with van der Waals surface area (Å²) in [5, 5.41) is 41.4. The molecule has 0 aliphatic heterocycles. The van der Waals surface area contributed by atoms with E-state index in [0.717, 1.165) is 115 Å². The van der Waals surface area contributed by atoms with Crippen LogP contribution < -0.4 is 18.9 Å². The molecule has 0 bridgehead atoms. The van der Waals surface area contributed by atoms with Crippen LogP contribution in [0.4, 0.5) is 52.7 Å². The van der Waals surface area contributed by atoms with Gasteiger partial charge in [0.2, 0.25) is 0 Å². The van der Waals surface area contributed by atoms with Crippen LogP contribution in [0.15, 0.2) is 218 Å². The number of carbonyl (C=O) groups excluding carboxylic acids is 4. The molecule has 0 amide bonds. The van der Waals surface area contributed by atoms with Gasteiger partial charge in [0.05, 0.1) is 81.3 Å². The van der Waals surface area contributed by atoms with Crippen LogP contribution in [0.1, 0.15) is 105 Å². The second-order valence-corrected chi connectivity index (χ2v) is 29.3. The average Bonchev–Trinajstić information content (AvgIpc) is 1.47. The van der Waals surface area contributed by atoms with E-state index in [2.05, 4.69) is 40.8 Å². The number of ether oxygens (including phenoxy) is 4. The number of hydrogen-bond acceptors (Lipinski definition) is 16. The summed E-state index contributed by atoms with van der Waals surface area (Å²) in [5.41, 5.74) is 2.07. The van der Waals surface area contributed by atoms with Crippen molar-refractivity contribution in [3.63, 3.8) is 0 Å². The molecule has 0 N–H and O–H groups in total. The molecule has 16 rings (SSSR count). The van der Waals surface area contributed by atoms with Gasteiger partial charge in [0, 0.05) is 83.3 Å². The van der Waals surface area contributed by atoms with Crippen LogP contribution in [-0.2, 0) is 84.1 Å². The first-order chi connectivity index (χ1) is 57.6. The first kappa shape index (κ1) is 93.9. The van der Waals surface area contributed by atoms with Crippen molar-refractivity contribution in [2.24, 2.45) is 11.8 Å². The molecular weight excluding hydrogens is 1990 g/mol. The van der Waals surface area contributed by atoms with Gasteiger partial charge < -0.3 is 18.9 Å². The number of Topliss-reactive ketones (excluding diaryl/α,β-unsaturated/α-hetero) is 4. The van der Waals surface area contributed by atoms with Crippen LogP contribution in [0, 0.1) is 11.8 Å². The molecular formula is C90H78F12Ir2N12O8. The maximum atomic E-state index is 12.9. The average molecular weight is 2070 g/mol. The number of carbonyl (C=O) groups is 4. The first-order valence-electron chi connectivity index (χ1n) is 38.1. The minimum Gasteiger partial charge on any atom is -0.490 e. The summed E-state index contributed by atoms with van der Waals surface area (Å²) in [5.74, 6) is -1.02. The fourth-order valence-corrected chi connectivity index (χ4v) is 13.5. The number of alkyl halides is 12. The summed E-state index contributed by atoms with van der Waals surface area (Å²) in [6.45, 7) is 20.4. The Labute approximate surface area is 727 Å². The normalized spacial score (nSPS) is 11.8. The second-order valence-electron chi connectivity index (χ2n) is 29.3. The zero-order valence-corrected chi connectivity index (χ0v) is 72.9. The van der Waals surface area contributed by atoms with Crippen LogP contribution in [0.3, 0.4) is 0 Å². The van der Waals surface area contributed by atoms with Gasteiger partial charge in [-0.25, -0.2) is 0 Å². The molecule has 0 aliphatic rings. The summed E-state index contributed by atoms with van der Waals surface area (Å²) in [4.78, 5) is 49.9. The Bertz CT molecular complexity index is 5820. The predicted molar refractivity (Wildman–Crippen MR) is 438 cm³/mol. The summed E-state index contributed by atoms with van der Waals surface area (Å²) < 4.78 is 179. The van der Waals surface area contributed by atoms with Gasteiger partial charge in [-0.2, -0.15) is 52.7 Å². The molecule has 2 radical (unpaired) electrons. The Morgan fingerprint density at radius 2 is 0.419 bits per heavy atom. The van der Waals surface area contributed by atoms with E-state index in [1.165, 1.54) is 71.1 Å². The zero-order chi connectivity index (χ0) is 88.2. The molecule has 124 heavy (non-hydrogen) atoms. The van der Waals surface area contributed by atoms with Crippen molar-refractivity contribution in [1.29, 1.82) is 0 Å². The molecule has 12 aromatic carbocycles. The number of fused-ring (bicyclic) bond motifs is 8. The first-order valence-corrected chi connectivity index (χ1v) is 38.1. The summed E-state index contributed by atoms with van der Waals surface area (Å²) in [6.07, 6.45) is -17.6. The third-order valence-electron chi connectivity index (χ3n) is 18.7. The fourth-order valence-electron chi connectivity index (χ4n) is 13.5. The van der Waals surface area contributed by atoms with Crippen LogP contribution in [0.25, 0.3) is 110 Å². The number of halogens is 12. The second kappa shape index (κ2) is 38.6. The Balaban J connectivity index is 0.000000164. The number of hydrogen-bond donors (Lipinski definition) is 0. The third kappa shape index (κ3) is 21.8. The van der Waals surface area contributed by atoms with Crippen molar-refractivity contribution in [2.45, 2.75) is 132 Å². The van der Waals surface area contributed by atoms with Gasteiger partial charge in [-0.05, 0) is 204 Å². The van der Waals surface area contributed by atoms with Gasteiger partial charge in [0.25, 0.3) is 0 Å². The van der Waals surface area contributed by atoms with E-state index in [1.54, 1.807) is 0 Å². The molecule has 0 aliphatic carbocycles. The van der Waals surface area contributed by atoms with Crippen LogP contribution in [0.5, 0.6) is 23.0 Å². The molecule has 20 nitrogen and oxygen atoms in total. The summed E-state index contributed by atoms with van der Waals surface area (Å²) in [7, 11) is 0. The molecule has 0 fully saturated rings. The zero-order valence-electron chi connectivity index (χ0n) is 68.1. The number of aromatic nitrogens is 12. The van der Waals surface area contributed by atoms with Crippen LogP contribution >= 0.6 is 0 Å². The van der Waals surface area contributed by atoms with Gasteiger partial charge in [0.15, 0.2) is 0 Å². The predicted octanol–water partition coefficient (Wildman–Crippen LogP) is 22.1. The van der Waals surface area contributed by atoms with Crippen molar-refractivity contribution >= 4 is 110 Å². The van der Waals surface area contributed by atoms with Gasteiger partial charge in [-0.3, -0.25) is 19.2 Å². The maximum absolute atomic E-state index is 12.9. The number of rotatable bonds is 17. The number of benzene rings is 12. The number of ketones is 4.